The molecule has 1 aliphatic rings. The van der Waals surface area contributed by atoms with Gasteiger partial charge in [-0.1, -0.05) is 30.3 Å². The van der Waals surface area contributed by atoms with Crippen molar-refractivity contribution in [1.29, 1.82) is 0 Å². The highest BCUT2D eigenvalue weighted by Gasteiger charge is 2.23. The summed E-state index contributed by atoms with van der Waals surface area (Å²) in [7, 11) is 0. The third-order valence-corrected chi connectivity index (χ3v) is 4.75. The van der Waals surface area contributed by atoms with Crippen LogP contribution < -0.4 is 5.32 Å². The van der Waals surface area contributed by atoms with E-state index < -0.39 is 0 Å². The summed E-state index contributed by atoms with van der Waals surface area (Å²) in [6.45, 7) is 5.69. The Morgan fingerprint density at radius 1 is 1.30 bits per heavy atom. The Labute approximate surface area is 125 Å². The molecule has 0 spiro atoms. The molecular weight excluding hydrogens is 264 g/mol. The molecule has 1 saturated heterocycles. The predicted molar refractivity (Wildman–Crippen MR) is 86.0 cm³/mol. The normalized spacial score (nSPS) is 21.1. The van der Waals surface area contributed by atoms with Crippen LogP contribution in [0.4, 0.5) is 0 Å². The smallest absolute Gasteiger partial charge is 0.0303 e. The zero-order valence-electron chi connectivity index (χ0n) is 12.0. The van der Waals surface area contributed by atoms with Gasteiger partial charge in [0.15, 0.2) is 0 Å². The van der Waals surface area contributed by atoms with Crippen molar-refractivity contribution in [3.63, 3.8) is 0 Å². The standard InChI is InChI=1S/C17H22N2S/c1-14(16-8-10-20-13-16)18-17-7-9-19(12-17)11-15-5-3-2-4-6-15/h2-6,8,10,13-14,17-18H,7,9,11-12H2,1H3. The highest BCUT2D eigenvalue weighted by Crippen LogP contribution is 2.20. The van der Waals surface area contributed by atoms with Crippen molar-refractivity contribution in [1.82, 2.24) is 10.2 Å². The number of likely N-dealkylation sites (tertiary alicyclic amines) is 1. The lowest BCUT2D eigenvalue weighted by Gasteiger charge is -2.20. The fourth-order valence-corrected chi connectivity index (χ4v) is 3.68. The van der Waals surface area contributed by atoms with E-state index in [9.17, 15) is 0 Å². The first-order valence-corrected chi connectivity index (χ1v) is 8.30. The van der Waals surface area contributed by atoms with Crippen molar-refractivity contribution in [2.45, 2.75) is 32.0 Å². The van der Waals surface area contributed by atoms with E-state index in [2.05, 4.69) is 64.3 Å². The van der Waals surface area contributed by atoms with Crippen LogP contribution in [0.1, 0.15) is 30.5 Å². The number of hydrogen-bond acceptors (Lipinski definition) is 3. The molecule has 0 aliphatic carbocycles. The van der Waals surface area contributed by atoms with E-state index in [1.807, 2.05) is 0 Å². The van der Waals surface area contributed by atoms with Gasteiger partial charge in [-0.25, -0.2) is 0 Å². The second-order valence-corrected chi connectivity index (χ2v) is 6.43. The molecule has 0 amide bonds. The lowest BCUT2D eigenvalue weighted by Crippen LogP contribution is -2.34. The van der Waals surface area contributed by atoms with E-state index in [4.69, 9.17) is 0 Å². The summed E-state index contributed by atoms with van der Waals surface area (Å²) in [6, 6.07) is 14.1. The molecule has 0 saturated carbocycles. The molecule has 0 radical (unpaired) electrons. The highest BCUT2D eigenvalue weighted by atomic mass is 32.1. The minimum absolute atomic E-state index is 0.461. The average Bonchev–Trinajstić information content (AvgIpc) is 3.11. The van der Waals surface area contributed by atoms with Crippen LogP contribution in [0.5, 0.6) is 0 Å². The van der Waals surface area contributed by atoms with Crippen LogP contribution in [0.25, 0.3) is 0 Å². The highest BCUT2D eigenvalue weighted by molar-refractivity contribution is 7.07. The van der Waals surface area contributed by atoms with Crippen molar-refractivity contribution >= 4 is 11.3 Å². The van der Waals surface area contributed by atoms with Crippen LogP contribution in [0.15, 0.2) is 47.2 Å². The fourth-order valence-electron chi connectivity index (χ4n) is 2.93. The first-order valence-electron chi connectivity index (χ1n) is 7.35. The van der Waals surface area contributed by atoms with E-state index >= 15 is 0 Å². The van der Waals surface area contributed by atoms with Gasteiger partial charge in [0.2, 0.25) is 0 Å². The zero-order valence-corrected chi connectivity index (χ0v) is 12.8. The Morgan fingerprint density at radius 3 is 2.90 bits per heavy atom. The molecule has 2 unspecified atom stereocenters. The lowest BCUT2D eigenvalue weighted by atomic mass is 10.1. The molecule has 1 aromatic carbocycles. The molecule has 2 heterocycles. The Hall–Kier alpha value is -1.16. The molecule has 1 aliphatic heterocycles. The second kappa shape index (κ2) is 6.53. The van der Waals surface area contributed by atoms with Gasteiger partial charge in [0, 0.05) is 31.7 Å². The summed E-state index contributed by atoms with van der Waals surface area (Å²) < 4.78 is 0. The predicted octanol–water partition coefficient (Wildman–Crippen LogP) is 3.67. The van der Waals surface area contributed by atoms with Gasteiger partial charge in [0.1, 0.15) is 0 Å². The second-order valence-electron chi connectivity index (χ2n) is 5.65. The van der Waals surface area contributed by atoms with Crippen molar-refractivity contribution in [2.75, 3.05) is 13.1 Å². The molecule has 3 rings (SSSR count). The van der Waals surface area contributed by atoms with Crippen molar-refractivity contribution in [3.8, 4) is 0 Å². The van der Waals surface area contributed by atoms with Gasteiger partial charge in [0.05, 0.1) is 0 Å². The van der Waals surface area contributed by atoms with Gasteiger partial charge in [-0.3, -0.25) is 4.90 Å². The Morgan fingerprint density at radius 2 is 2.15 bits per heavy atom. The summed E-state index contributed by atoms with van der Waals surface area (Å²) in [4.78, 5) is 2.55. The zero-order chi connectivity index (χ0) is 13.8. The number of hydrogen-bond donors (Lipinski definition) is 1. The minimum atomic E-state index is 0.461. The fraction of sp³-hybridized carbons (Fsp3) is 0.412. The lowest BCUT2D eigenvalue weighted by molar-refractivity contribution is 0.316. The van der Waals surface area contributed by atoms with Gasteiger partial charge in [0.25, 0.3) is 0 Å². The molecule has 1 aromatic heterocycles. The van der Waals surface area contributed by atoms with Gasteiger partial charge in [-0.05, 0) is 41.3 Å². The van der Waals surface area contributed by atoms with Crippen LogP contribution in [0.2, 0.25) is 0 Å². The Balaban J connectivity index is 1.50. The summed E-state index contributed by atoms with van der Waals surface area (Å²) in [5.41, 5.74) is 2.83. The molecule has 106 valence electrons. The molecule has 1 fully saturated rings. The SMILES string of the molecule is CC(NC1CCN(Cc2ccccc2)C1)c1ccsc1. The van der Waals surface area contributed by atoms with Gasteiger partial charge in [-0.2, -0.15) is 11.3 Å². The van der Waals surface area contributed by atoms with E-state index in [0.717, 1.165) is 13.1 Å². The van der Waals surface area contributed by atoms with Crippen LogP contribution in [-0.4, -0.2) is 24.0 Å². The quantitative estimate of drug-likeness (QED) is 0.902. The Bertz CT molecular complexity index is 509. The molecule has 3 heteroatoms. The molecular formula is C17H22N2S. The number of thiophene rings is 1. The van der Waals surface area contributed by atoms with Crippen LogP contribution in [0.3, 0.4) is 0 Å². The van der Waals surface area contributed by atoms with Gasteiger partial charge in [-0.15, -0.1) is 0 Å². The van der Waals surface area contributed by atoms with Crippen molar-refractivity contribution in [3.05, 3.63) is 58.3 Å². The third kappa shape index (κ3) is 3.48. The molecule has 2 atom stereocenters. The topological polar surface area (TPSA) is 15.3 Å². The maximum Gasteiger partial charge on any atom is 0.0303 e. The third-order valence-electron chi connectivity index (χ3n) is 4.05. The summed E-state index contributed by atoms with van der Waals surface area (Å²) >= 11 is 1.78. The van der Waals surface area contributed by atoms with Gasteiger partial charge < -0.3 is 5.32 Å². The minimum Gasteiger partial charge on any atom is -0.306 e. The maximum atomic E-state index is 3.76. The van der Waals surface area contributed by atoms with Crippen molar-refractivity contribution < 1.29 is 0 Å². The summed E-state index contributed by atoms with van der Waals surface area (Å²) in [6.07, 6.45) is 1.25. The van der Waals surface area contributed by atoms with Crippen LogP contribution >= 0.6 is 11.3 Å². The van der Waals surface area contributed by atoms with Crippen LogP contribution in [0, 0.1) is 0 Å². The maximum absolute atomic E-state index is 3.76. The molecule has 0 bridgehead atoms. The van der Waals surface area contributed by atoms with Crippen molar-refractivity contribution in [2.24, 2.45) is 0 Å². The first-order chi connectivity index (χ1) is 9.81. The van der Waals surface area contributed by atoms with Crippen LogP contribution in [-0.2, 0) is 6.54 Å². The van der Waals surface area contributed by atoms with E-state index in [0.29, 0.717) is 12.1 Å². The molecule has 2 aromatic rings. The number of rotatable bonds is 5. The average molecular weight is 286 g/mol. The van der Waals surface area contributed by atoms with Gasteiger partial charge >= 0.3 is 0 Å². The largest absolute Gasteiger partial charge is 0.306 e. The number of nitrogens with one attached hydrogen (secondary N) is 1. The molecule has 1 N–H and O–H groups in total. The number of nitrogens with zero attached hydrogens (tertiary/aromatic N) is 1. The van der Waals surface area contributed by atoms with E-state index in [1.54, 1.807) is 11.3 Å². The molecule has 20 heavy (non-hydrogen) atoms. The monoisotopic (exact) mass is 286 g/mol. The molecule has 2 nitrogen and oxygen atoms in total. The van der Waals surface area contributed by atoms with E-state index in [-0.39, 0.29) is 0 Å². The first kappa shape index (κ1) is 13.8. The summed E-state index contributed by atoms with van der Waals surface area (Å²) in [5, 5.41) is 8.16. The Kier molecular flexibility index (Phi) is 4.51. The number of benzene rings is 1. The summed E-state index contributed by atoms with van der Waals surface area (Å²) in [5.74, 6) is 0. The van der Waals surface area contributed by atoms with E-state index in [1.165, 1.54) is 24.1 Å².